The summed E-state index contributed by atoms with van der Waals surface area (Å²) in [5.41, 5.74) is 1.09. The Labute approximate surface area is 130 Å². The third-order valence-corrected chi connectivity index (χ3v) is 6.49. The standard InChI is InChI=1S/C15H22BrNO2S/c1-2-5-14-6-3-4-11-17(14)20(18,19)15-9-7-13(12-16)8-10-15/h7-10,14H,2-6,11-12H2,1H3. The van der Waals surface area contributed by atoms with Crippen molar-refractivity contribution in [2.75, 3.05) is 6.54 Å². The molecular weight excluding hydrogens is 338 g/mol. The van der Waals surface area contributed by atoms with E-state index in [4.69, 9.17) is 0 Å². The number of hydrogen-bond acceptors (Lipinski definition) is 2. The van der Waals surface area contributed by atoms with E-state index in [2.05, 4.69) is 22.9 Å². The summed E-state index contributed by atoms with van der Waals surface area (Å²) in [7, 11) is -3.34. The van der Waals surface area contributed by atoms with E-state index < -0.39 is 10.0 Å². The predicted octanol–water partition coefficient (Wildman–Crippen LogP) is 3.92. The maximum absolute atomic E-state index is 12.8. The normalized spacial score (nSPS) is 21.0. The number of halogens is 1. The van der Waals surface area contributed by atoms with Crippen molar-refractivity contribution in [2.45, 2.75) is 55.3 Å². The number of piperidine rings is 1. The van der Waals surface area contributed by atoms with Crippen molar-refractivity contribution in [1.29, 1.82) is 0 Å². The topological polar surface area (TPSA) is 37.4 Å². The smallest absolute Gasteiger partial charge is 0.207 e. The van der Waals surface area contributed by atoms with Gasteiger partial charge in [0.25, 0.3) is 0 Å². The molecule has 112 valence electrons. The fourth-order valence-electron chi connectivity index (χ4n) is 2.80. The highest BCUT2D eigenvalue weighted by Gasteiger charge is 2.32. The molecule has 1 heterocycles. The number of sulfonamides is 1. The molecular formula is C15H22BrNO2S. The third kappa shape index (κ3) is 3.43. The molecule has 0 saturated carbocycles. The molecule has 1 atom stereocenters. The highest BCUT2D eigenvalue weighted by atomic mass is 79.9. The zero-order valence-corrected chi connectivity index (χ0v) is 14.3. The Morgan fingerprint density at radius 2 is 1.95 bits per heavy atom. The quantitative estimate of drug-likeness (QED) is 0.747. The molecule has 3 nitrogen and oxygen atoms in total. The maximum atomic E-state index is 12.8. The summed E-state index contributed by atoms with van der Waals surface area (Å²) in [4.78, 5) is 0.421. The fourth-order valence-corrected chi connectivity index (χ4v) is 4.90. The minimum Gasteiger partial charge on any atom is -0.207 e. The largest absolute Gasteiger partial charge is 0.243 e. The van der Waals surface area contributed by atoms with Crippen molar-refractivity contribution in [1.82, 2.24) is 4.31 Å². The summed E-state index contributed by atoms with van der Waals surface area (Å²) >= 11 is 3.38. The summed E-state index contributed by atoms with van der Waals surface area (Å²) in [5.74, 6) is 0. The highest BCUT2D eigenvalue weighted by molar-refractivity contribution is 9.08. The van der Waals surface area contributed by atoms with E-state index in [0.717, 1.165) is 43.0 Å². The second-order valence-electron chi connectivity index (χ2n) is 5.33. The van der Waals surface area contributed by atoms with Crippen LogP contribution in [-0.2, 0) is 15.4 Å². The Hall–Kier alpha value is -0.390. The molecule has 0 bridgehead atoms. The maximum Gasteiger partial charge on any atom is 0.243 e. The second-order valence-corrected chi connectivity index (χ2v) is 7.78. The van der Waals surface area contributed by atoms with Crippen LogP contribution in [0.15, 0.2) is 29.2 Å². The summed E-state index contributed by atoms with van der Waals surface area (Å²) in [5, 5.41) is 0.746. The minimum atomic E-state index is -3.34. The lowest BCUT2D eigenvalue weighted by Crippen LogP contribution is -2.43. The highest BCUT2D eigenvalue weighted by Crippen LogP contribution is 2.28. The van der Waals surface area contributed by atoms with Crippen molar-refractivity contribution in [3.05, 3.63) is 29.8 Å². The molecule has 1 aromatic rings. The molecule has 1 saturated heterocycles. The van der Waals surface area contributed by atoms with Crippen LogP contribution in [0.5, 0.6) is 0 Å². The Bertz CT molecular complexity index is 525. The third-order valence-electron chi connectivity index (χ3n) is 3.88. The molecule has 5 heteroatoms. The lowest BCUT2D eigenvalue weighted by Gasteiger charge is -2.34. The van der Waals surface area contributed by atoms with Gasteiger partial charge in [0.05, 0.1) is 4.90 Å². The summed E-state index contributed by atoms with van der Waals surface area (Å²) in [6.45, 7) is 2.78. The van der Waals surface area contributed by atoms with Crippen LogP contribution in [0.3, 0.4) is 0 Å². The zero-order valence-electron chi connectivity index (χ0n) is 11.9. The SMILES string of the molecule is CCCC1CCCCN1S(=O)(=O)c1ccc(CBr)cc1. The van der Waals surface area contributed by atoms with Gasteiger partial charge in [0.2, 0.25) is 10.0 Å². The molecule has 0 aromatic heterocycles. The lowest BCUT2D eigenvalue weighted by atomic mass is 10.0. The van der Waals surface area contributed by atoms with Gasteiger partial charge in [-0.2, -0.15) is 4.31 Å². The van der Waals surface area contributed by atoms with Crippen LogP contribution in [0.4, 0.5) is 0 Å². The molecule has 2 rings (SSSR count). The Balaban J connectivity index is 2.26. The molecule has 1 aromatic carbocycles. The van der Waals surface area contributed by atoms with Gasteiger partial charge in [0.15, 0.2) is 0 Å². The molecule has 1 aliphatic rings. The van der Waals surface area contributed by atoms with Gasteiger partial charge in [0, 0.05) is 17.9 Å². The first-order valence-corrected chi connectivity index (χ1v) is 9.82. The number of rotatable bonds is 5. The van der Waals surface area contributed by atoms with E-state index in [1.54, 1.807) is 16.4 Å². The number of benzene rings is 1. The van der Waals surface area contributed by atoms with Gasteiger partial charge in [-0.15, -0.1) is 0 Å². The van der Waals surface area contributed by atoms with Gasteiger partial charge in [-0.3, -0.25) is 0 Å². The van der Waals surface area contributed by atoms with Crippen LogP contribution in [0, 0.1) is 0 Å². The molecule has 0 N–H and O–H groups in total. The monoisotopic (exact) mass is 359 g/mol. The van der Waals surface area contributed by atoms with Gasteiger partial charge >= 0.3 is 0 Å². The van der Waals surface area contributed by atoms with Gasteiger partial charge in [0.1, 0.15) is 0 Å². The van der Waals surface area contributed by atoms with Crippen LogP contribution in [0.2, 0.25) is 0 Å². The Kier molecular flexibility index (Phi) is 5.64. The fraction of sp³-hybridized carbons (Fsp3) is 0.600. The van der Waals surface area contributed by atoms with Crippen LogP contribution in [-0.4, -0.2) is 25.3 Å². The summed E-state index contributed by atoms with van der Waals surface area (Å²) in [6, 6.07) is 7.38. The lowest BCUT2D eigenvalue weighted by molar-refractivity contribution is 0.239. The Morgan fingerprint density at radius 3 is 2.55 bits per heavy atom. The average molecular weight is 360 g/mol. The number of hydrogen-bond donors (Lipinski definition) is 0. The van der Waals surface area contributed by atoms with Crippen LogP contribution in [0.1, 0.15) is 44.6 Å². The van der Waals surface area contributed by atoms with E-state index in [1.165, 1.54) is 0 Å². The van der Waals surface area contributed by atoms with Crippen molar-refractivity contribution in [3.63, 3.8) is 0 Å². The first-order valence-electron chi connectivity index (χ1n) is 7.26. The first-order chi connectivity index (χ1) is 9.59. The van der Waals surface area contributed by atoms with Gasteiger partial charge in [-0.1, -0.05) is 47.8 Å². The molecule has 0 radical (unpaired) electrons. The second kappa shape index (κ2) is 7.05. The molecule has 0 amide bonds. The summed E-state index contributed by atoms with van der Waals surface area (Å²) < 4.78 is 27.3. The van der Waals surface area contributed by atoms with Gasteiger partial charge < -0.3 is 0 Å². The summed E-state index contributed by atoms with van der Waals surface area (Å²) in [6.07, 6.45) is 5.09. The van der Waals surface area contributed by atoms with Crippen molar-refractivity contribution in [2.24, 2.45) is 0 Å². The average Bonchev–Trinajstić information content (AvgIpc) is 2.48. The van der Waals surface area contributed by atoms with Crippen molar-refractivity contribution in [3.8, 4) is 0 Å². The molecule has 1 unspecified atom stereocenters. The van der Waals surface area contributed by atoms with Crippen LogP contribution < -0.4 is 0 Å². The van der Waals surface area contributed by atoms with E-state index >= 15 is 0 Å². The molecule has 1 aliphatic heterocycles. The van der Waals surface area contributed by atoms with Crippen LogP contribution >= 0.6 is 15.9 Å². The van der Waals surface area contributed by atoms with E-state index in [9.17, 15) is 8.42 Å². The van der Waals surface area contributed by atoms with E-state index in [1.807, 2.05) is 12.1 Å². The van der Waals surface area contributed by atoms with Crippen LogP contribution in [0.25, 0.3) is 0 Å². The van der Waals surface area contributed by atoms with Crippen molar-refractivity contribution < 1.29 is 8.42 Å². The number of nitrogens with zero attached hydrogens (tertiary/aromatic N) is 1. The van der Waals surface area contributed by atoms with Gasteiger partial charge in [-0.25, -0.2) is 8.42 Å². The molecule has 1 fully saturated rings. The molecule has 20 heavy (non-hydrogen) atoms. The van der Waals surface area contributed by atoms with Crippen molar-refractivity contribution >= 4 is 26.0 Å². The predicted molar refractivity (Wildman–Crippen MR) is 85.5 cm³/mol. The first kappa shape index (κ1) is 16.0. The number of alkyl halides is 1. The van der Waals surface area contributed by atoms with E-state index in [-0.39, 0.29) is 6.04 Å². The zero-order chi connectivity index (χ0) is 14.6. The van der Waals surface area contributed by atoms with Gasteiger partial charge in [-0.05, 0) is 37.0 Å². The molecule has 0 aliphatic carbocycles. The molecule has 0 spiro atoms. The minimum absolute atomic E-state index is 0.176. The Morgan fingerprint density at radius 1 is 1.25 bits per heavy atom. The van der Waals surface area contributed by atoms with E-state index in [0.29, 0.717) is 11.4 Å².